The van der Waals surface area contributed by atoms with Gasteiger partial charge in [-0.15, -0.1) is 0 Å². The SMILES string of the molecule is O=C(CCCCCCC(=O)N1CCc2c([nH]c3ccccc23)[C@H]1C(=O)NC(C(=O)OC1CCCC1)c1ccccc1)NO. The van der Waals surface area contributed by atoms with Crippen molar-refractivity contribution < 1.29 is 29.1 Å². The van der Waals surface area contributed by atoms with Crippen molar-refractivity contribution in [3.05, 3.63) is 71.4 Å². The Hall–Kier alpha value is -4.18. The third kappa shape index (κ3) is 7.25. The molecule has 228 valence electrons. The standard InChI is InChI=1S/C33H40N4O6/c38-27(36-42)18-6-1-2-7-19-28(39)37-21-20-25-24-16-10-11-17-26(24)34-30(25)31(37)32(40)35-29(22-12-4-3-5-13-22)33(41)43-23-14-8-9-15-23/h3-5,10-13,16-17,23,29,31,34,42H,1-2,6-9,14-15,18-21H2,(H,35,40)(H,36,38)/t29?,31-/m0/s1. The van der Waals surface area contributed by atoms with Gasteiger partial charge < -0.3 is 19.9 Å². The number of para-hydroxylation sites is 1. The number of hydrogen-bond acceptors (Lipinski definition) is 6. The van der Waals surface area contributed by atoms with Crippen molar-refractivity contribution in [3.63, 3.8) is 0 Å². The van der Waals surface area contributed by atoms with Gasteiger partial charge in [0.25, 0.3) is 0 Å². The van der Waals surface area contributed by atoms with E-state index in [0.717, 1.165) is 55.0 Å². The average molecular weight is 589 g/mol. The van der Waals surface area contributed by atoms with E-state index in [-0.39, 0.29) is 24.9 Å². The summed E-state index contributed by atoms with van der Waals surface area (Å²) < 4.78 is 5.83. The topological polar surface area (TPSA) is 141 Å². The number of carbonyl (C=O) groups excluding carboxylic acids is 4. The molecule has 1 aromatic heterocycles. The highest BCUT2D eigenvalue weighted by Crippen LogP contribution is 2.36. The highest BCUT2D eigenvalue weighted by atomic mass is 16.5. The van der Waals surface area contributed by atoms with Crippen LogP contribution in [0, 0.1) is 0 Å². The van der Waals surface area contributed by atoms with Crippen LogP contribution in [0.15, 0.2) is 54.6 Å². The molecule has 0 bridgehead atoms. The maximum absolute atomic E-state index is 14.2. The fourth-order valence-electron chi connectivity index (χ4n) is 6.28. The predicted molar refractivity (Wildman–Crippen MR) is 160 cm³/mol. The first-order valence-corrected chi connectivity index (χ1v) is 15.3. The first kappa shape index (κ1) is 30.3. The van der Waals surface area contributed by atoms with Crippen LogP contribution in [0.5, 0.6) is 0 Å². The number of nitrogens with one attached hydrogen (secondary N) is 3. The molecular formula is C33H40N4O6. The lowest BCUT2D eigenvalue weighted by molar-refractivity contribution is -0.154. The largest absolute Gasteiger partial charge is 0.461 e. The molecule has 2 heterocycles. The van der Waals surface area contributed by atoms with Gasteiger partial charge in [-0.05, 0) is 62.1 Å². The Morgan fingerprint density at radius 3 is 2.37 bits per heavy atom. The van der Waals surface area contributed by atoms with E-state index in [1.54, 1.807) is 22.5 Å². The first-order valence-electron chi connectivity index (χ1n) is 15.3. The maximum atomic E-state index is 14.2. The van der Waals surface area contributed by atoms with Crippen LogP contribution in [0.25, 0.3) is 10.9 Å². The Morgan fingerprint density at radius 1 is 0.930 bits per heavy atom. The molecule has 43 heavy (non-hydrogen) atoms. The molecule has 2 aromatic carbocycles. The summed E-state index contributed by atoms with van der Waals surface area (Å²) in [7, 11) is 0. The Morgan fingerprint density at radius 2 is 1.63 bits per heavy atom. The minimum Gasteiger partial charge on any atom is -0.461 e. The van der Waals surface area contributed by atoms with Gasteiger partial charge in [-0.3, -0.25) is 19.6 Å². The Balaban J connectivity index is 1.36. The molecule has 0 radical (unpaired) electrons. The summed E-state index contributed by atoms with van der Waals surface area (Å²) in [6.07, 6.45) is 7.34. The molecular weight excluding hydrogens is 548 g/mol. The van der Waals surface area contributed by atoms with Crippen molar-refractivity contribution in [3.8, 4) is 0 Å². The van der Waals surface area contributed by atoms with Gasteiger partial charge in [0.05, 0.1) is 5.69 Å². The highest BCUT2D eigenvalue weighted by molar-refractivity contribution is 5.95. The van der Waals surface area contributed by atoms with Crippen molar-refractivity contribution in [2.75, 3.05) is 6.54 Å². The molecule has 5 rings (SSSR count). The van der Waals surface area contributed by atoms with E-state index in [2.05, 4.69) is 10.3 Å². The van der Waals surface area contributed by atoms with Crippen LogP contribution >= 0.6 is 0 Å². The van der Waals surface area contributed by atoms with Crippen molar-refractivity contribution in [1.82, 2.24) is 20.7 Å². The molecule has 1 fully saturated rings. The summed E-state index contributed by atoms with van der Waals surface area (Å²) in [5, 5.41) is 12.6. The second-order valence-electron chi connectivity index (χ2n) is 11.4. The fraction of sp³-hybridized carbons (Fsp3) is 0.455. The Kier molecular flexibility index (Phi) is 10.1. The zero-order chi connectivity index (χ0) is 30.2. The second kappa shape index (κ2) is 14.3. The van der Waals surface area contributed by atoms with Crippen LogP contribution < -0.4 is 10.8 Å². The van der Waals surface area contributed by atoms with Crippen molar-refractivity contribution >= 4 is 34.6 Å². The molecule has 0 saturated heterocycles. The number of rotatable bonds is 12. The molecule has 2 atom stereocenters. The summed E-state index contributed by atoms with van der Waals surface area (Å²) in [5.74, 6) is -1.49. The zero-order valence-corrected chi connectivity index (χ0v) is 24.3. The Labute approximate surface area is 251 Å². The lowest BCUT2D eigenvalue weighted by Gasteiger charge is -2.36. The molecule has 1 aliphatic carbocycles. The van der Waals surface area contributed by atoms with E-state index in [9.17, 15) is 19.2 Å². The summed E-state index contributed by atoms with van der Waals surface area (Å²) in [6, 6.07) is 15.0. The molecule has 1 unspecified atom stereocenters. The number of aromatic nitrogens is 1. The van der Waals surface area contributed by atoms with E-state index in [1.807, 2.05) is 42.5 Å². The van der Waals surface area contributed by atoms with Crippen LogP contribution in [0.2, 0.25) is 0 Å². The van der Waals surface area contributed by atoms with Crippen LogP contribution in [0.1, 0.15) is 93.1 Å². The molecule has 4 N–H and O–H groups in total. The molecule has 0 spiro atoms. The third-order valence-electron chi connectivity index (χ3n) is 8.51. The van der Waals surface area contributed by atoms with Gasteiger partial charge in [0.1, 0.15) is 6.10 Å². The number of hydrogen-bond donors (Lipinski definition) is 4. The fourth-order valence-corrected chi connectivity index (χ4v) is 6.28. The monoisotopic (exact) mass is 588 g/mol. The van der Waals surface area contributed by atoms with E-state index in [1.165, 1.54) is 0 Å². The van der Waals surface area contributed by atoms with Gasteiger partial charge >= 0.3 is 5.97 Å². The molecule has 10 heteroatoms. The number of benzene rings is 2. The minimum absolute atomic E-state index is 0.137. The van der Waals surface area contributed by atoms with Crippen LogP contribution in [-0.4, -0.2) is 51.4 Å². The molecule has 1 saturated carbocycles. The van der Waals surface area contributed by atoms with Gasteiger partial charge in [-0.2, -0.15) is 0 Å². The van der Waals surface area contributed by atoms with E-state index >= 15 is 0 Å². The van der Waals surface area contributed by atoms with Crippen molar-refractivity contribution in [2.24, 2.45) is 0 Å². The van der Waals surface area contributed by atoms with Crippen LogP contribution in [0.4, 0.5) is 0 Å². The number of esters is 1. The summed E-state index contributed by atoms with van der Waals surface area (Å²) in [5.41, 5.74) is 4.83. The zero-order valence-electron chi connectivity index (χ0n) is 24.3. The number of hydroxylamine groups is 1. The van der Waals surface area contributed by atoms with Crippen molar-refractivity contribution in [1.29, 1.82) is 0 Å². The molecule has 3 amide bonds. The van der Waals surface area contributed by atoms with Gasteiger partial charge in [0, 0.05) is 30.3 Å². The molecule has 2 aliphatic rings. The van der Waals surface area contributed by atoms with E-state index < -0.39 is 29.9 Å². The smallest absolute Gasteiger partial charge is 0.333 e. The number of fused-ring (bicyclic) bond motifs is 3. The van der Waals surface area contributed by atoms with E-state index in [4.69, 9.17) is 9.94 Å². The van der Waals surface area contributed by atoms with Gasteiger partial charge in [-0.1, -0.05) is 61.4 Å². The second-order valence-corrected chi connectivity index (χ2v) is 11.4. The maximum Gasteiger partial charge on any atom is 0.333 e. The summed E-state index contributed by atoms with van der Waals surface area (Å²) in [6.45, 7) is 0.380. The van der Waals surface area contributed by atoms with Gasteiger partial charge in [0.2, 0.25) is 17.7 Å². The number of unbranched alkanes of at least 4 members (excludes halogenated alkanes) is 3. The van der Waals surface area contributed by atoms with Crippen LogP contribution in [0.3, 0.4) is 0 Å². The lowest BCUT2D eigenvalue weighted by atomic mass is 9.95. The summed E-state index contributed by atoms with van der Waals surface area (Å²) in [4.78, 5) is 57.5. The van der Waals surface area contributed by atoms with Gasteiger partial charge in [0.15, 0.2) is 12.1 Å². The number of H-pyrrole nitrogens is 1. The normalized spacial score (nSPS) is 17.3. The minimum atomic E-state index is -1.00. The van der Waals surface area contributed by atoms with E-state index in [0.29, 0.717) is 37.1 Å². The quantitative estimate of drug-likeness (QED) is 0.104. The number of aromatic amines is 1. The lowest BCUT2D eigenvalue weighted by Crippen LogP contribution is -2.49. The number of carbonyl (C=O) groups is 4. The van der Waals surface area contributed by atoms with Crippen molar-refractivity contribution in [2.45, 2.75) is 88.8 Å². The predicted octanol–water partition coefficient (Wildman–Crippen LogP) is 4.78. The third-order valence-corrected chi connectivity index (χ3v) is 8.51. The number of ether oxygens (including phenoxy) is 1. The molecule has 10 nitrogen and oxygen atoms in total. The van der Waals surface area contributed by atoms with Crippen LogP contribution in [-0.2, 0) is 30.3 Å². The summed E-state index contributed by atoms with van der Waals surface area (Å²) >= 11 is 0. The Bertz CT molecular complexity index is 1430. The number of nitrogens with zero attached hydrogens (tertiary/aromatic N) is 1. The number of amides is 3. The molecule has 3 aromatic rings. The highest BCUT2D eigenvalue weighted by Gasteiger charge is 2.40. The average Bonchev–Trinajstić information content (AvgIpc) is 3.68. The van der Waals surface area contributed by atoms with Gasteiger partial charge in [-0.25, -0.2) is 10.3 Å². The molecule has 1 aliphatic heterocycles. The first-order chi connectivity index (χ1) is 21.0.